The summed E-state index contributed by atoms with van der Waals surface area (Å²) < 4.78 is 6.00. The third-order valence-corrected chi connectivity index (χ3v) is 6.42. The maximum atomic E-state index is 13.3. The van der Waals surface area contributed by atoms with E-state index in [1.54, 1.807) is 38.1 Å². The van der Waals surface area contributed by atoms with Crippen LogP contribution in [0, 0.1) is 23.2 Å². The molecule has 3 aliphatic heterocycles. The Labute approximate surface area is 155 Å². The minimum atomic E-state index is -1.07. The lowest BCUT2D eigenvalue weighted by Gasteiger charge is -2.31. The average molecular weight is 363 g/mol. The average Bonchev–Trinajstić information content (AvgIpc) is 3.15. The fraction of sp³-hybridized carbons (Fsp3) is 0.400. The minimum absolute atomic E-state index is 0.242. The molecule has 7 nitrogen and oxygen atoms in total. The van der Waals surface area contributed by atoms with Crippen molar-refractivity contribution in [3.8, 4) is 6.07 Å². The molecule has 1 aromatic carbocycles. The third-order valence-electron chi connectivity index (χ3n) is 6.42. The summed E-state index contributed by atoms with van der Waals surface area (Å²) in [5.41, 5.74) is -1.33. The second-order valence-corrected chi connectivity index (χ2v) is 7.94. The zero-order valence-corrected chi connectivity index (χ0v) is 14.8. The van der Waals surface area contributed by atoms with E-state index < -0.39 is 29.1 Å². The third kappa shape index (κ3) is 1.79. The summed E-state index contributed by atoms with van der Waals surface area (Å²) in [6, 6.07) is 9.13. The number of hydrogen-bond acceptors (Lipinski definition) is 6. The van der Waals surface area contributed by atoms with Crippen molar-refractivity contribution in [2.75, 3.05) is 4.90 Å². The van der Waals surface area contributed by atoms with Gasteiger partial charge in [-0.15, -0.1) is 0 Å². The summed E-state index contributed by atoms with van der Waals surface area (Å²) in [4.78, 5) is 31.9. The van der Waals surface area contributed by atoms with Gasteiger partial charge in [0, 0.05) is 17.2 Å². The molecular formula is C20H17N3O4. The zero-order valence-electron chi connectivity index (χ0n) is 14.8. The lowest BCUT2D eigenvalue weighted by Crippen LogP contribution is -2.49. The molecule has 7 heteroatoms. The number of amides is 2. The van der Waals surface area contributed by atoms with Gasteiger partial charge in [0.15, 0.2) is 0 Å². The van der Waals surface area contributed by atoms with Crippen LogP contribution in [-0.4, -0.2) is 39.2 Å². The Morgan fingerprint density at radius 1 is 1.22 bits per heavy atom. The summed E-state index contributed by atoms with van der Waals surface area (Å²) in [6.45, 7) is 3.49. The normalized spacial score (nSPS) is 37.1. The number of nitriles is 1. The first kappa shape index (κ1) is 16.4. The van der Waals surface area contributed by atoms with Crippen LogP contribution in [0.3, 0.4) is 0 Å². The number of carbonyl (C=O) groups is 2. The standard InChI is InChI=1S/C20H17N3O4/c1-19-7-14(24)20(2,27-19)16-15(19)17(25)23(18(16)26)13-9-22-12(8-21)10-5-3-4-6-11(10)13/h3-6,9,14-16,24H,7H2,1-2H3/t14-,15+,16-,19+,20-/m1/s1. The summed E-state index contributed by atoms with van der Waals surface area (Å²) in [7, 11) is 0. The molecule has 2 amide bonds. The van der Waals surface area contributed by atoms with E-state index in [9.17, 15) is 20.0 Å². The van der Waals surface area contributed by atoms with Gasteiger partial charge in [0.2, 0.25) is 11.8 Å². The number of fused-ring (bicyclic) bond motifs is 6. The van der Waals surface area contributed by atoms with Gasteiger partial charge in [-0.2, -0.15) is 5.26 Å². The molecular weight excluding hydrogens is 346 g/mol. The molecule has 3 saturated heterocycles. The van der Waals surface area contributed by atoms with Crippen LogP contribution in [0.15, 0.2) is 30.5 Å². The Kier molecular flexibility index (Phi) is 2.98. The number of ether oxygens (including phenoxy) is 1. The lowest BCUT2D eigenvalue weighted by atomic mass is 9.67. The number of hydrogen-bond donors (Lipinski definition) is 1. The van der Waals surface area contributed by atoms with Crippen molar-refractivity contribution in [3.05, 3.63) is 36.2 Å². The molecule has 3 aliphatic rings. The van der Waals surface area contributed by atoms with Gasteiger partial charge in [-0.3, -0.25) is 9.59 Å². The van der Waals surface area contributed by atoms with Gasteiger partial charge in [0.25, 0.3) is 0 Å². The number of benzene rings is 1. The highest BCUT2D eigenvalue weighted by Crippen LogP contribution is 2.61. The molecule has 27 heavy (non-hydrogen) atoms. The quantitative estimate of drug-likeness (QED) is 0.771. The predicted octanol–water partition coefficient (Wildman–Crippen LogP) is 1.52. The van der Waals surface area contributed by atoms with Gasteiger partial charge in [-0.25, -0.2) is 9.88 Å². The Hall–Kier alpha value is -2.82. The largest absolute Gasteiger partial charge is 0.390 e. The van der Waals surface area contributed by atoms with Crippen LogP contribution < -0.4 is 4.90 Å². The molecule has 0 radical (unpaired) electrons. The first-order valence-corrected chi connectivity index (χ1v) is 8.86. The fourth-order valence-corrected chi connectivity index (χ4v) is 5.20. The van der Waals surface area contributed by atoms with Crippen molar-refractivity contribution in [2.24, 2.45) is 11.8 Å². The van der Waals surface area contributed by atoms with Crippen LogP contribution in [0.2, 0.25) is 0 Å². The lowest BCUT2D eigenvalue weighted by molar-refractivity contribution is -0.132. The Balaban J connectivity index is 1.69. The molecule has 0 aliphatic carbocycles. The van der Waals surface area contributed by atoms with Crippen LogP contribution in [0.25, 0.3) is 10.8 Å². The van der Waals surface area contributed by atoms with Crippen molar-refractivity contribution in [2.45, 2.75) is 37.6 Å². The van der Waals surface area contributed by atoms with Crippen molar-refractivity contribution >= 4 is 28.3 Å². The summed E-state index contributed by atoms with van der Waals surface area (Å²) in [6.07, 6.45) is 0.933. The molecule has 1 N–H and O–H groups in total. The summed E-state index contributed by atoms with van der Waals surface area (Å²) in [5, 5.41) is 20.9. The van der Waals surface area contributed by atoms with Crippen LogP contribution in [-0.2, 0) is 14.3 Å². The van der Waals surface area contributed by atoms with E-state index in [0.29, 0.717) is 22.9 Å². The van der Waals surface area contributed by atoms with E-state index in [1.165, 1.54) is 11.1 Å². The Bertz CT molecular complexity index is 1080. The number of anilines is 1. The number of aromatic nitrogens is 1. The molecule has 2 bridgehead atoms. The van der Waals surface area contributed by atoms with E-state index in [1.807, 2.05) is 6.07 Å². The van der Waals surface area contributed by atoms with Gasteiger partial charge in [-0.05, 0) is 13.8 Å². The molecule has 1 aromatic heterocycles. The predicted molar refractivity (Wildman–Crippen MR) is 94.4 cm³/mol. The monoisotopic (exact) mass is 363 g/mol. The van der Waals surface area contributed by atoms with Crippen LogP contribution >= 0.6 is 0 Å². The zero-order chi connectivity index (χ0) is 19.1. The molecule has 136 valence electrons. The maximum absolute atomic E-state index is 13.3. The molecule has 3 fully saturated rings. The van der Waals surface area contributed by atoms with Crippen LogP contribution in [0.5, 0.6) is 0 Å². The molecule has 0 spiro atoms. The van der Waals surface area contributed by atoms with E-state index in [2.05, 4.69) is 4.98 Å². The van der Waals surface area contributed by atoms with Crippen molar-refractivity contribution < 1.29 is 19.4 Å². The highest BCUT2D eigenvalue weighted by molar-refractivity contribution is 6.26. The first-order chi connectivity index (χ1) is 12.8. The number of imide groups is 1. The summed E-state index contributed by atoms with van der Waals surface area (Å²) >= 11 is 0. The molecule has 4 heterocycles. The molecule has 0 unspecified atom stereocenters. The number of aliphatic hydroxyl groups excluding tert-OH is 1. The molecule has 5 rings (SSSR count). The number of nitrogens with zero attached hydrogens (tertiary/aromatic N) is 3. The number of aliphatic hydroxyl groups is 1. The van der Waals surface area contributed by atoms with Crippen LogP contribution in [0.4, 0.5) is 5.69 Å². The molecule has 2 aromatic rings. The minimum Gasteiger partial charge on any atom is -0.390 e. The second kappa shape index (κ2) is 4.91. The molecule has 5 atom stereocenters. The topological polar surface area (TPSA) is 104 Å². The van der Waals surface area contributed by atoms with Gasteiger partial charge in [0.1, 0.15) is 17.4 Å². The van der Waals surface area contributed by atoms with Gasteiger partial charge in [0.05, 0.1) is 35.4 Å². The van der Waals surface area contributed by atoms with E-state index in [-0.39, 0.29) is 17.5 Å². The van der Waals surface area contributed by atoms with E-state index in [4.69, 9.17) is 4.74 Å². The smallest absolute Gasteiger partial charge is 0.240 e. The maximum Gasteiger partial charge on any atom is 0.240 e. The number of carbonyl (C=O) groups excluding carboxylic acids is 2. The molecule has 0 saturated carbocycles. The van der Waals surface area contributed by atoms with Crippen molar-refractivity contribution in [3.63, 3.8) is 0 Å². The number of pyridine rings is 1. The van der Waals surface area contributed by atoms with Crippen LogP contribution in [0.1, 0.15) is 26.0 Å². The SMILES string of the molecule is C[C@@]12O[C@@](C)(C[C@H]1O)[C@@H]1C(=O)N(c3cnc(C#N)c4ccccc34)C(=O)[C@@H]12. The number of rotatable bonds is 1. The van der Waals surface area contributed by atoms with E-state index in [0.717, 1.165) is 0 Å². The van der Waals surface area contributed by atoms with Gasteiger partial charge >= 0.3 is 0 Å². The fourth-order valence-electron chi connectivity index (χ4n) is 5.20. The van der Waals surface area contributed by atoms with Gasteiger partial charge < -0.3 is 9.84 Å². The highest BCUT2D eigenvalue weighted by Gasteiger charge is 2.75. The first-order valence-electron chi connectivity index (χ1n) is 8.86. The second-order valence-electron chi connectivity index (χ2n) is 7.94. The van der Waals surface area contributed by atoms with Crippen molar-refractivity contribution in [1.29, 1.82) is 5.26 Å². The van der Waals surface area contributed by atoms with Crippen molar-refractivity contribution in [1.82, 2.24) is 4.98 Å². The Morgan fingerprint density at radius 2 is 1.89 bits per heavy atom. The Morgan fingerprint density at radius 3 is 2.59 bits per heavy atom. The summed E-state index contributed by atoms with van der Waals surface area (Å²) in [5.74, 6) is -2.08. The van der Waals surface area contributed by atoms with Gasteiger partial charge in [-0.1, -0.05) is 24.3 Å². The highest BCUT2D eigenvalue weighted by atomic mass is 16.6. The van der Waals surface area contributed by atoms with E-state index >= 15 is 0 Å².